The third kappa shape index (κ3) is 7.41. The third-order valence-electron chi connectivity index (χ3n) is 4.86. The number of aliphatic imine (C=N–C) groups is 1. The minimum absolute atomic E-state index is 0.295. The topological polar surface area (TPSA) is 81.9 Å². The molecule has 1 saturated heterocycles. The zero-order chi connectivity index (χ0) is 20.2. The first-order chi connectivity index (χ1) is 13.7. The Bertz CT molecular complexity index is 597. The van der Waals surface area contributed by atoms with Crippen molar-refractivity contribution in [3.05, 3.63) is 17.0 Å². The maximum absolute atomic E-state index is 5.71. The Morgan fingerprint density at radius 3 is 2.89 bits per heavy atom. The van der Waals surface area contributed by atoms with Crippen LogP contribution in [-0.2, 0) is 27.3 Å². The fourth-order valence-corrected chi connectivity index (χ4v) is 3.23. The largest absolute Gasteiger partial charge is 0.383 e. The number of aromatic nitrogens is 2. The number of aryl methyl sites for hydroxylation is 1. The molecule has 0 saturated carbocycles. The molecule has 0 bridgehead atoms. The van der Waals surface area contributed by atoms with E-state index in [1.54, 1.807) is 7.11 Å². The molecule has 2 rings (SSSR count). The van der Waals surface area contributed by atoms with Crippen LogP contribution in [0.1, 0.15) is 43.1 Å². The lowest BCUT2D eigenvalue weighted by Gasteiger charge is -2.13. The van der Waals surface area contributed by atoms with Crippen molar-refractivity contribution < 1.29 is 14.2 Å². The molecule has 1 unspecified atom stereocenters. The summed E-state index contributed by atoms with van der Waals surface area (Å²) in [6, 6.07) is 0. The van der Waals surface area contributed by atoms with Gasteiger partial charge in [0.2, 0.25) is 0 Å². The van der Waals surface area contributed by atoms with Crippen molar-refractivity contribution in [2.24, 2.45) is 4.99 Å². The molecule has 1 aliphatic heterocycles. The number of hydrogen-bond acceptors (Lipinski definition) is 5. The van der Waals surface area contributed by atoms with Crippen LogP contribution in [0.25, 0.3) is 0 Å². The first kappa shape index (κ1) is 22.6. The second kappa shape index (κ2) is 12.7. The molecule has 0 radical (unpaired) electrons. The highest BCUT2D eigenvalue weighted by molar-refractivity contribution is 5.79. The number of guanidine groups is 1. The van der Waals surface area contributed by atoms with Gasteiger partial charge in [0.05, 0.1) is 38.1 Å². The van der Waals surface area contributed by atoms with Gasteiger partial charge in [-0.25, -0.2) is 4.99 Å². The summed E-state index contributed by atoms with van der Waals surface area (Å²) < 4.78 is 18.4. The van der Waals surface area contributed by atoms with E-state index in [1.165, 1.54) is 5.56 Å². The minimum atomic E-state index is 0.295. The molecule has 0 spiro atoms. The summed E-state index contributed by atoms with van der Waals surface area (Å²) in [5.41, 5.74) is 3.35. The lowest BCUT2D eigenvalue weighted by Crippen LogP contribution is -2.38. The molecule has 1 fully saturated rings. The van der Waals surface area contributed by atoms with Gasteiger partial charge >= 0.3 is 0 Å². The summed E-state index contributed by atoms with van der Waals surface area (Å²) in [6.07, 6.45) is 3.51. The van der Waals surface area contributed by atoms with Gasteiger partial charge in [0.15, 0.2) is 5.96 Å². The monoisotopic (exact) mass is 395 g/mol. The Balaban J connectivity index is 1.75. The summed E-state index contributed by atoms with van der Waals surface area (Å²) >= 11 is 0. The molecule has 1 aliphatic rings. The number of nitrogens with one attached hydrogen (secondary N) is 2. The smallest absolute Gasteiger partial charge is 0.191 e. The molecular formula is C20H37N5O3. The predicted molar refractivity (Wildman–Crippen MR) is 111 cm³/mol. The number of rotatable bonds is 12. The summed E-state index contributed by atoms with van der Waals surface area (Å²) in [6.45, 7) is 12.2. The van der Waals surface area contributed by atoms with Crippen molar-refractivity contribution in [2.45, 2.75) is 59.2 Å². The van der Waals surface area contributed by atoms with Gasteiger partial charge < -0.3 is 24.8 Å². The molecule has 0 amide bonds. The molecule has 28 heavy (non-hydrogen) atoms. The van der Waals surface area contributed by atoms with E-state index in [0.717, 1.165) is 69.5 Å². The molecule has 0 aliphatic carbocycles. The Kier molecular flexibility index (Phi) is 10.3. The second-order valence-corrected chi connectivity index (χ2v) is 7.05. The van der Waals surface area contributed by atoms with E-state index in [9.17, 15) is 0 Å². The maximum atomic E-state index is 5.71. The number of hydrogen-bond donors (Lipinski definition) is 2. The highest BCUT2D eigenvalue weighted by atomic mass is 16.5. The Labute approximate surface area is 169 Å². The Morgan fingerprint density at radius 1 is 1.32 bits per heavy atom. The van der Waals surface area contributed by atoms with Gasteiger partial charge in [-0.3, -0.25) is 4.68 Å². The highest BCUT2D eigenvalue weighted by Gasteiger charge is 2.15. The van der Waals surface area contributed by atoms with Gasteiger partial charge in [-0.15, -0.1) is 0 Å². The molecule has 1 aromatic heterocycles. The molecule has 160 valence electrons. The van der Waals surface area contributed by atoms with Crippen LogP contribution in [0.15, 0.2) is 4.99 Å². The fourth-order valence-electron chi connectivity index (χ4n) is 3.23. The predicted octanol–water partition coefficient (Wildman–Crippen LogP) is 1.79. The summed E-state index contributed by atoms with van der Waals surface area (Å²) in [5.74, 6) is 0.824. The number of methoxy groups -OCH3 is 1. The van der Waals surface area contributed by atoms with E-state index < -0.39 is 0 Å². The molecule has 8 nitrogen and oxygen atoms in total. The highest BCUT2D eigenvalue weighted by Crippen LogP contribution is 2.14. The number of ether oxygens (including phenoxy) is 3. The number of nitrogens with zero attached hydrogens (tertiary/aromatic N) is 3. The molecule has 8 heteroatoms. The Hall–Kier alpha value is -1.64. The van der Waals surface area contributed by atoms with Crippen LogP contribution in [-0.4, -0.2) is 68.5 Å². The quantitative estimate of drug-likeness (QED) is 0.319. The van der Waals surface area contributed by atoms with Crippen LogP contribution in [0.4, 0.5) is 0 Å². The molecule has 1 atom stereocenters. The van der Waals surface area contributed by atoms with E-state index in [2.05, 4.69) is 29.6 Å². The lowest BCUT2D eigenvalue weighted by atomic mass is 10.2. The first-order valence-corrected chi connectivity index (χ1v) is 10.4. The summed E-state index contributed by atoms with van der Waals surface area (Å²) in [7, 11) is 1.71. The van der Waals surface area contributed by atoms with E-state index in [-0.39, 0.29) is 0 Å². The molecular weight excluding hydrogens is 358 g/mol. The van der Waals surface area contributed by atoms with Crippen LogP contribution in [0.3, 0.4) is 0 Å². The van der Waals surface area contributed by atoms with Crippen LogP contribution >= 0.6 is 0 Å². The minimum Gasteiger partial charge on any atom is -0.383 e. The zero-order valence-electron chi connectivity index (χ0n) is 17.9. The van der Waals surface area contributed by atoms with Crippen LogP contribution in [0, 0.1) is 13.8 Å². The second-order valence-electron chi connectivity index (χ2n) is 7.05. The van der Waals surface area contributed by atoms with Gasteiger partial charge in [0.1, 0.15) is 0 Å². The van der Waals surface area contributed by atoms with Crippen molar-refractivity contribution in [1.29, 1.82) is 0 Å². The summed E-state index contributed by atoms with van der Waals surface area (Å²) in [5, 5.41) is 11.3. The zero-order valence-corrected chi connectivity index (χ0v) is 17.9. The van der Waals surface area contributed by atoms with Gasteiger partial charge in [0.25, 0.3) is 0 Å². The standard InChI is InChI=1S/C20H37N5O3/c1-5-21-20(22-9-7-11-27-15-18-8-6-12-28-18)23-14-19-16(2)24-25(17(19)3)10-13-26-4/h18H,5-15H2,1-4H3,(H2,21,22,23). The molecule has 1 aromatic rings. The average molecular weight is 396 g/mol. The van der Waals surface area contributed by atoms with Gasteiger partial charge in [-0.1, -0.05) is 0 Å². The van der Waals surface area contributed by atoms with Crippen molar-refractivity contribution in [3.63, 3.8) is 0 Å². The molecule has 2 heterocycles. The normalized spacial score (nSPS) is 17.3. The lowest BCUT2D eigenvalue weighted by molar-refractivity contribution is 0.0168. The third-order valence-corrected chi connectivity index (χ3v) is 4.86. The fraction of sp³-hybridized carbons (Fsp3) is 0.800. The van der Waals surface area contributed by atoms with Gasteiger partial charge in [0, 0.05) is 44.7 Å². The van der Waals surface area contributed by atoms with Gasteiger partial charge in [-0.2, -0.15) is 5.10 Å². The SMILES string of the molecule is CCNC(=NCc1c(C)nn(CCOC)c1C)NCCCOCC1CCCO1. The Morgan fingerprint density at radius 2 is 2.18 bits per heavy atom. The van der Waals surface area contributed by atoms with Crippen molar-refractivity contribution in [3.8, 4) is 0 Å². The first-order valence-electron chi connectivity index (χ1n) is 10.4. The van der Waals surface area contributed by atoms with Crippen LogP contribution in [0.2, 0.25) is 0 Å². The van der Waals surface area contributed by atoms with E-state index >= 15 is 0 Å². The van der Waals surface area contributed by atoms with E-state index in [4.69, 9.17) is 19.2 Å². The van der Waals surface area contributed by atoms with Crippen LogP contribution < -0.4 is 10.6 Å². The van der Waals surface area contributed by atoms with Crippen molar-refractivity contribution >= 4 is 5.96 Å². The molecule has 2 N–H and O–H groups in total. The van der Waals surface area contributed by atoms with E-state index in [0.29, 0.717) is 25.9 Å². The van der Waals surface area contributed by atoms with Crippen molar-refractivity contribution in [2.75, 3.05) is 46.6 Å². The maximum Gasteiger partial charge on any atom is 0.191 e. The molecule has 0 aromatic carbocycles. The van der Waals surface area contributed by atoms with Crippen molar-refractivity contribution in [1.82, 2.24) is 20.4 Å². The summed E-state index contributed by atoms with van der Waals surface area (Å²) in [4.78, 5) is 4.73. The average Bonchev–Trinajstić information content (AvgIpc) is 3.29. The van der Waals surface area contributed by atoms with Gasteiger partial charge in [-0.05, 0) is 40.0 Å². The van der Waals surface area contributed by atoms with Crippen LogP contribution in [0.5, 0.6) is 0 Å². The van der Waals surface area contributed by atoms with E-state index in [1.807, 2.05) is 11.6 Å².